The number of benzene rings is 2. The molecule has 10 heteroatoms. The lowest BCUT2D eigenvalue weighted by Crippen LogP contribution is -2.48. The fraction of sp³-hybridized carbons (Fsp3) is 0.300. The number of ether oxygens (including phenoxy) is 1. The minimum atomic E-state index is -3.95. The van der Waals surface area contributed by atoms with Crippen molar-refractivity contribution in [2.75, 3.05) is 31.1 Å². The summed E-state index contributed by atoms with van der Waals surface area (Å²) < 4.78 is 45.6. The Balaban J connectivity index is 1.77. The third kappa shape index (κ3) is 4.73. The molecule has 0 aromatic heterocycles. The Morgan fingerprint density at radius 1 is 1.17 bits per heavy atom. The number of rotatable bonds is 5. The number of nitriles is 1. The molecule has 0 saturated carbocycles. The first-order valence-electron chi connectivity index (χ1n) is 9.13. The van der Waals surface area contributed by atoms with Crippen molar-refractivity contribution in [1.29, 1.82) is 5.26 Å². The fourth-order valence-corrected chi connectivity index (χ4v) is 4.98. The van der Waals surface area contributed by atoms with Crippen LogP contribution in [-0.4, -0.2) is 51.0 Å². The summed E-state index contributed by atoms with van der Waals surface area (Å²) in [5, 5.41) is 8.76. The summed E-state index contributed by atoms with van der Waals surface area (Å²) in [4.78, 5) is 13.9. The Morgan fingerprint density at radius 2 is 1.80 bits per heavy atom. The lowest BCUT2D eigenvalue weighted by molar-refractivity contribution is 0.0435. The minimum absolute atomic E-state index is 0.00924. The van der Waals surface area contributed by atoms with Gasteiger partial charge in [-0.3, -0.25) is 0 Å². The van der Waals surface area contributed by atoms with Crippen LogP contribution in [0.25, 0.3) is 0 Å². The van der Waals surface area contributed by atoms with Crippen molar-refractivity contribution in [3.63, 3.8) is 0 Å². The summed E-state index contributed by atoms with van der Waals surface area (Å²) in [5.74, 6) is -1.14. The first kappa shape index (κ1) is 22.0. The second kappa shape index (κ2) is 9.00. The van der Waals surface area contributed by atoms with Crippen LogP contribution >= 0.6 is 11.6 Å². The van der Waals surface area contributed by atoms with Gasteiger partial charge in [-0.1, -0.05) is 11.6 Å². The van der Waals surface area contributed by atoms with E-state index in [1.807, 2.05) is 4.90 Å². The largest absolute Gasteiger partial charge is 0.444 e. The second-order valence-corrected chi connectivity index (χ2v) is 9.00. The molecule has 0 amide bonds. The van der Waals surface area contributed by atoms with Crippen LogP contribution in [0.2, 0.25) is 5.02 Å². The first-order chi connectivity index (χ1) is 14.2. The number of halogens is 2. The Labute approximate surface area is 179 Å². The van der Waals surface area contributed by atoms with Crippen molar-refractivity contribution in [3.8, 4) is 6.07 Å². The maximum Gasteiger partial charge on any atom is 0.339 e. The van der Waals surface area contributed by atoms with E-state index in [4.69, 9.17) is 21.6 Å². The Bertz CT molecular complexity index is 1080. The standard InChI is InChI=1S/C20H19ClFN3O4S/c1-14(13-23)29-20(26)15-2-7-18(21)19(12-15)30(27,28)25-10-8-24(9-11-25)17-5-3-16(22)4-6-17/h2-7,12,14H,8-11H2,1H3. The molecule has 2 aromatic rings. The highest BCUT2D eigenvalue weighted by Gasteiger charge is 2.31. The molecule has 1 aliphatic rings. The van der Waals surface area contributed by atoms with Crippen molar-refractivity contribution < 1.29 is 22.3 Å². The maximum atomic E-state index is 13.1. The van der Waals surface area contributed by atoms with Gasteiger partial charge >= 0.3 is 5.97 Å². The predicted molar refractivity (Wildman–Crippen MR) is 109 cm³/mol. The molecule has 1 saturated heterocycles. The SMILES string of the molecule is CC(C#N)OC(=O)c1ccc(Cl)c(S(=O)(=O)N2CCN(c3ccc(F)cc3)CC2)c1. The van der Waals surface area contributed by atoms with Gasteiger partial charge in [0.2, 0.25) is 10.0 Å². The Kier molecular flexibility index (Phi) is 6.61. The fourth-order valence-electron chi connectivity index (χ4n) is 3.06. The van der Waals surface area contributed by atoms with E-state index in [1.54, 1.807) is 18.2 Å². The molecule has 2 aromatic carbocycles. The van der Waals surface area contributed by atoms with E-state index in [2.05, 4.69) is 0 Å². The van der Waals surface area contributed by atoms with Crippen LogP contribution in [-0.2, 0) is 14.8 Å². The number of hydrogen-bond donors (Lipinski definition) is 0. The molecule has 1 aliphatic heterocycles. The molecule has 1 heterocycles. The number of nitrogens with zero attached hydrogens (tertiary/aromatic N) is 3. The van der Waals surface area contributed by atoms with Gasteiger partial charge in [0, 0.05) is 31.9 Å². The predicted octanol–water partition coefficient (Wildman–Crippen LogP) is 3.06. The average molecular weight is 452 g/mol. The molecule has 30 heavy (non-hydrogen) atoms. The summed E-state index contributed by atoms with van der Waals surface area (Å²) in [6, 6.07) is 11.6. The lowest BCUT2D eigenvalue weighted by atomic mass is 10.2. The number of hydrogen-bond acceptors (Lipinski definition) is 6. The van der Waals surface area contributed by atoms with E-state index in [0.29, 0.717) is 13.1 Å². The molecular weight excluding hydrogens is 433 g/mol. The van der Waals surface area contributed by atoms with E-state index >= 15 is 0 Å². The van der Waals surface area contributed by atoms with Gasteiger partial charge in [0.25, 0.3) is 0 Å². The van der Waals surface area contributed by atoms with E-state index < -0.39 is 22.1 Å². The third-order valence-corrected chi connectivity index (χ3v) is 7.06. The highest BCUT2D eigenvalue weighted by atomic mass is 35.5. The van der Waals surface area contributed by atoms with Gasteiger partial charge in [-0.15, -0.1) is 0 Å². The molecule has 0 aliphatic carbocycles. The lowest BCUT2D eigenvalue weighted by Gasteiger charge is -2.35. The number of esters is 1. The van der Waals surface area contributed by atoms with Crippen molar-refractivity contribution >= 4 is 33.3 Å². The third-order valence-electron chi connectivity index (χ3n) is 4.68. The highest BCUT2D eigenvalue weighted by molar-refractivity contribution is 7.89. The van der Waals surface area contributed by atoms with E-state index in [1.165, 1.54) is 35.5 Å². The summed E-state index contributed by atoms with van der Waals surface area (Å²) in [7, 11) is -3.95. The van der Waals surface area contributed by atoms with Crippen molar-refractivity contribution in [2.24, 2.45) is 0 Å². The molecule has 3 rings (SSSR count). The van der Waals surface area contributed by atoms with Gasteiger partial charge in [0.15, 0.2) is 6.10 Å². The quantitative estimate of drug-likeness (QED) is 0.649. The van der Waals surface area contributed by atoms with Crippen molar-refractivity contribution in [3.05, 3.63) is 58.9 Å². The molecular formula is C20H19ClFN3O4S. The number of carbonyl (C=O) groups excluding carboxylic acids is 1. The molecule has 1 unspecified atom stereocenters. The smallest absolute Gasteiger partial charge is 0.339 e. The number of carbonyl (C=O) groups is 1. The van der Waals surface area contributed by atoms with Crippen LogP contribution in [0.4, 0.5) is 10.1 Å². The van der Waals surface area contributed by atoms with Crippen LogP contribution in [0.1, 0.15) is 17.3 Å². The molecule has 0 N–H and O–H groups in total. The molecule has 1 atom stereocenters. The summed E-state index contributed by atoms with van der Waals surface area (Å²) in [6.07, 6.45) is -0.965. The molecule has 1 fully saturated rings. The Morgan fingerprint density at radius 3 is 2.40 bits per heavy atom. The van der Waals surface area contributed by atoms with Gasteiger partial charge < -0.3 is 9.64 Å². The molecule has 7 nitrogen and oxygen atoms in total. The van der Waals surface area contributed by atoms with Crippen LogP contribution in [0.3, 0.4) is 0 Å². The average Bonchev–Trinajstić information content (AvgIpc) is 2.74. The monoisotopic (exact) mass is 451 g/mol. The number of sulfonamides is 1. The zero-order chi connectivity index (χ0) is 21.9. The zero-order valence-corrected chi connectivity index (χ0v) is 17.7. The van der Waals surface area contributed by atoms with Crippen LogP contribution in [0.5, 0.6) is 0 Å². The van der Waals surface area contributed by atoms with Crippen LogP contribution in [0.15, 0.2) is 47.4 Å². The minimum Gasteiger partial charge on any atom is -0.444 e. The zero-order valence-electron chi connectivity index (χ0n) is 16.1. The van der Waals surface area contributed by atoms with E-state index in [-0.39, 0.29) is 34.4 Å². The topological polar surface area (TPSA) is 90.7 Å². The van der Waals surface area contributed by atoms with E-state index in [9.17, 15) is 17.6 Å². The molecule has 0 spiro atoms. The molecule has 0 radical (unpaired) electrons. The summed E-state index contributed by atoms with van der Waals surface area (Å²) in [5.41, 5.74) is 0.799. The van der Waals surface area contributed by atoms with Gasteiger partial charge in [-0.05, 0) is 49.4 Å². The first-order valence-corrected chi connectivity index (χ1v) is 10.9. The van der Waals surface area contributed by atoms with Gasteiger partial charge in [0.1, 0.15) is 16.8 Å². The van der Waals surface area contributed by atoms with E-state index in [0.717, 1.165) is 11.8 Å². The normalized spacial score (nSPS) is 16.0. The highest BCUT2D eigenvalue weighted by Crippen LogP contribution is 2.28. The number of anilines is 1. The van der Waals surface area contributed by atoms with Gasteiger partial charge in [-0.25, -0.2) is 17.6 Å². The van der Waals surface area contributed by atoms with Crippen molar-refractivity contribution in [1.82, 2.24) is 4.31 Å². The molecule has 158 valence electrons. The van der Waals surface area contributed by atoms with Crippen LogP contribution in [0, 0.1) is 17.1 Å². The van der Waals surface area contributed by atoms with Crippen molar-refractivity contribution in [2.45, 2.75) is 17.9 Å². The summed E-state index contributed by atoms with van der Waals surface area (Å²) >= 11 is 6.12. The maximum absolute atomic E-state index is 13.1. The molecule has 0 bridgehead atoms. The number of piperazine rings is 1. The van der Waals surface area contributed by atoms with Gasteiger partial charge in [0.05, 0.1) is 10.6 Å². The second-order valence-electron chi connectivity index (χ2n) is 6.69. The van der Waals surface area contributed by atoms with Crippen LogP contribution < -0.4 is 4.90 Å². The summed E-state index contributed by atoms with van der Waals surface area (Å²) in [6.45, 7) is 2.66. The Hall–Kier alpha value is -2.67. The van der Waals surface area contributed by atoms with Gasteiger partial charge in [-0.2, -0.15) is 9.57 Å².